The molecule has 0 aliphatic heterocycles. The van der Waals surface area contributed by atoms with E-state index in [1.54, 1.807) is 39.0 Å². The smallest absolute Gasteiger partial charge is 0.360 e. The molecule has 0 bridgehead atoms. The van der Waals surface area contributed by atoms with Crippen LogP contribution in [0.3, 0.4) is 0 Å². The number of ether oxygens (including phenoxy) is 2. The minimum atomic E-state index is -0.659. The second-order valence-corrected chi connectivity index (χ2v) is 5.28. The van der Waals surface area contributed by atoms with Gasteiger partial charge >= 0.3 is 11.9 Å². The molecule has 1 heterocycles. The van der Waals surface area contributed by atoms with Gasteiger partial charge in [-0.15, -0.1) is 0 Å². The highest BCUT2D eigenvalue weighted by atomic mass is 16.6. The van der Waals surface area contributed by atoms with Crippen molar-refractivity contribution in [1.29, 1.82) is 0 Å². The molecule has 0 unspecified atom stereocenters. The van der Waals surface area contributed by atoms with Crippen LogP contribution >= 0.6 is 0 Å². The first-order valence-corrected chi connectivity index (χ1v) is 6.19. The van der Waals surface area contributed by atoms with E-state index in [-0.39, 0.29) is 5.69 Å². The third kappa shape index (κ3) is 3.34. The fourth-order valence-corrected chi connectivity index (χ4v) is 1.68. The fraction of sp³-hybridized carbons (Fsp3) is 0.357. The molecule has 0 saturated carbocycles. The van der Waals surface area contributed by atoms with Crippen LogP contribution in [0.5, 0.6) is 0 Å². The van der Waals surface area contributed by atoms with Gasteiger partial charge in [0.15, 0.2) is 12.3 Å². The van der Waals surface area contributed by atoms with Gasteiger partial charge in [-0.2, -0.15) is 5.10 Å². The molecule has 106 valence electrons. The van der Waals surface area contributed by atoms with Crippen molar-refractivity contribution in [3.05, 3.63) is 30.0 Å². The SMILES string of the molecule is CC(C)(C)OC(=O)COC(=O)c1n[nH]c2ccccc12. The van der Waals surface area contributed by atoms with Crippen LogP contribution in [0.15, 0.2) is 24.3 Å². The molecule has 2 aromatic rings. The van der Waals surface area contributed by atoms with Crippen LogP contribution < -0.4 is 0 Å². The molecule has 0 fully saturated rings. The zero-order valence-corrected chi connectivity index (χ0v) is 11.6. The monoisotopic (exact) mass is 276 g/mol. The number of para-hydroxylation sites is 1. The lowest BCUT2D eigenvalue weighted by Crippen LogP contribution is -2.27. The zero-order chi connectivity index (χ0) is 14.8. The average molecular weight is 276 g/mol. The number of benzene rings is 1. The largest absolute Gasteiger partial charge is 0.457 e. The summed E-state index contributed by atoms with van der Waals surface area (Å²) in [5, 5.41) is 7.28. The highest BCUT2D eigenvalue weighted by Gasteiger charge is 2.20. The first-order valence-electron chi connectivity index (χ1n) is 6.19. The van der Waals surface area contributed by atoms with Crippen molar-refractivity contribution >= 4 is 22.8 Å². The molecular weight excluding hydrogens is 260 g/mol. The van der Waals surface area contributed by atoms with Gasteiger partial charge in [0, 0.05) is 5.39 Å². The van der Waals surface area contributed by atoms with E-state index in [9.17, 15) is 9.59 Å². The molecule has 0 aliphatic rings. The summed E-state index contributed by atoms with van der Waals surface area (Å²) in [6, 6.07) is 7.18. The van der Waals surface area contributed by atoms with Gasteiger partial charge in [0.1, 0.15) is 5.60 Å². The van der Waals surface area contributed by atoms with Gasteiger partial charge in [0.2, 0.25) is 0 Å². The molecule has 1 N–H and O–H groups in total. The Morgan fingerprint density at radius 3 is 2.65 bits per heavy atom. The molecule has 1 aromatic heterocycles. The molecule has 2 rings (SSSR count). The highest BCUT2D eigenvalue weighted by Crippen LogP contribution is 2.16. The number of carbonyl (C=O) groups excluding carboxylic acids is 2. The number of aromatic amines is 1. The average Bonchev–Trinajstić information content (AvgIpc) is 2.78. The number of rotatable bonds is 3. The first kappa shape index (κ1) is 14.0. The van der Waals surface area contributed by atoms with Crippen molar-refractivity contribution in [2.75, 3.05) is 6.61 Å². The molecule has 0 radical (unpaired) electrons. The molecule has 0 atom stereocenters. The molecule has 0 amide bonds. The number of hydrogen-bond acceptors (Lipinski definition) is 5. The van der Waals surface area contributed by atoms with E-state index in [4.69, 9.17) is 9.47 Å². The summed E-state index contributed by atoms with van der Waals surface area (Å²) in [5.74, 6) is -1.25. The maximum absolute atomic E-state index is 11.9. The number of esters is 2. The second kappa shape index (κ2) is 5.32. The summed E-state index contributed by atoms with van der Waals surface area (Å²) in [5.41, 5.74) is 0.281. The predicted molar refractivity (Wildman–Crippen MR) is 72.2 cm³/mol. The first-order chi connectivity index (χ1) is 9.37. The lowest BCUT2D eigenvalue weighted by molar-refractivity contribution is -0.158. The molecule has 20 heavy (non-hydrogen) atoms. The van der Waals surface area contributed by atoms with Crippen LogP contribution in [-0.4, -0.2) is 34.3 Å². The molecular formula is C14H16N2O4. The lowest BCUT2D eigenvalue weighted by atomic mass is 10.2. The summed E-state index contributed by atoms with van der Waals surface area (Å²) < 4.78 is 9.95. The van der Waals surface area contributed by atoms with Crippen LogP contribution in [-0.2, 0) is 14.3 Å². The number of nitrogens with zero attached hydrogens (tertiary/aromatic N) is 1. The Hall–Kier alpha value is -2.37. The minimum absolute atomic E-state index is 0.157. The third-order valence-electron chi connectivity index (χ3n) is 2.40. The van der Waals surface area contributed by atoms with E-state index in [2.05, 4.69) is 10.2 Å². The van der Waals surface area contributed by atoms with Crippen molar-refractivity contribution in [1.82, 2.24) is 10.2 Å². The maximum Gasteiger partial charge on any atom is 0.360 e. The zero-order valence-electron chi connectivity index (χ0n) is 11.6. The van der Waals surface area contributed by atoms with Crippen LogP contribution in [0.1, 0.15) is 31.3 Å². The molecule has 0 saturated heterocycles. The van der Waals surface area contributed by atoms with Crippen LogP contribution in [0.25, 0.3) is 10.9 Å². The number of carbonyl (C=O) groups is 2. The summed E-state index contributed by atoms with van der Waals surface area (Å²) in [6.07, 6.45) is 0. The predicted octanol–water partition coefficient (Wildman–Crippen LogP) is 2.06. The standard InChI is InChI=1S/C14H16N2O4/c1-14(2,3)20-11(17)8-19-13(18)12-9-6-4-5-7-10(9)15-16-12/h4-7H,8H2,1-3H3,(H,15,16). The molecule has 6 heteroatoms. The van der Waals surface area contributed by atoms with Gasteiger partial charge in [-0.05, 0) is 26.8 Å². The van der Waals surface area contributed by atoms with E-state index in [1.807, 2.05) is 6.07 Å². The third-order valence-corrected chi connectivity index (χ3v) is 2.40. The minimum Gasteiger partial charge on any atom is -0.457 e. The van der Waals surface area contributed by atoms with E-state index in [0.717, 1.165) is 5.52 Å². The van der Waals surface area contributed by atoms with Gasteiger partial charge < -0.3 is 9.47 Å². The Kier molecular flexibility index (Phi) is 3.74. The van der Waals surface area contributed by atoms with Gasteiger partial charge in [0.25, 0.3) is 0 Å². The Labute approximate surface area is 116 Å². The Balaban J connectivity index is 2.01. The van der Waals surface area contributed by atoms with Gasteiger partial charge in [-0.25, -0.2) is 9.59 Å². The summed E-state index contributed by atoms with van der Waals surface area (Å²) in [6.45, 7) is 4.80. The summed E-state index contributed by atoms with van der Waals surface area (Å²) >= 11 is 0. The normalized spacial score (nSPS) is 11.3. The van der Waals surface area contributed by atoms with Gasteiger partial charge in [-0.1, -0.05) is 18.2 Å². The van der Waals surface area contributed by atoms with Crippen molar-refractivity contribution in [3.63, 3.8) is 0 Å². The number of aromatic nitrogens is 2. The van der Waals surface area contributed by atoms with E-state index < -0.39 is 24.1 Å². The summed E-state index contributed by atoms with van der Waals surface area (Å²) in [7, 11) is 0. The lowest BCUT2D eigenvalue weighted by Gasteiger charge is -2.19. The van der Waals surface area contributed by atoms with Crippen LogP contribution in [0.4, 0.5) is 0 Å². The Morgan fingerprint density at radius 2 is 1.95 bits per heavy atom. The number of nitrogens with one attached hydrogen (secondary N) is 1. The van der Waals surface area contributed by atoms with Crippen molar-refractivity contribution in [2.45, 2.75) is 26.4 Å². The van der Waals surface area contributed by atoms with E-state index in [0.29, 0.717) is 5.39 Å². The quantitative estimate of drug-likeness (QED) is 0.868. The topological polar surface area (TPSA) is 81.3 Å². The fourth-order valence-electron chi connectivity index (χ4n) is 1.68. The van der Waals surface area contributed by atoms with Gasteiger partial charge in [-0.3, -0.25) is 5.10 Å². The Bertz CT molecular complexity index is 640. The number of H-pyrrole nitrogens is 1. The van der Waals surface area contributed by atoms with Crippen molar-refractivity contribution < 1.29 is 19.1 Å². The molecule has 1 aromatic carbocycles. The number of fused-ring (bicyclic) bond motifs is 1. The van der Waals surface area contributed by atoms with E-state index in [1.165, 1.54) is 0 Å². The van der Waals surface area contributed by atoms with Crippen LogP contribution in [0, 0.1) is 0 Å². The second-order valence-electron chi connectivity index (χ2n) is 5.28. The Morgan fingerprint density at radius 1 is 1.25 bits per heavy atom. The maximum atomic E-state index is 11.9. The molecule has 0 spiro atoms. The van der Waals surface area contributed by atoms with Crippen molar-refractivity contribution in [2.24, 2.45) is 0 Å². The van der Waals surface area contributed by atoms with Crippen LogP contribution in [0.2, 0.25) is 0 Å². The van der Waals surface area contributed by atoms with Gasteiger partial charge in [0.05, 0.1) is 5.52 Å². The molecule has 0 aliphatic carbocycles. The van der Waals surface area contributed by atoms with E-state index >= 15 is 0 Å². The summed E-state index contributed by atoms with van der Waals surface area (Å²) in [4.78, 5) is 23.3. The van der Waals surface area contributed by atoms with Crippen molar-refractivity contribution in [3.8, 4) is 0 Å². The highest BCUT2D eigenvalue weighted by molar-refractivity contribution is 6.02. The molecule has 6 nitrogen and oxygen atoms in total. The number of hydrogen-bond donors (Lipinski definition) is 1.